The molecule has 3 aromatic rings. The fourth-order valence-electron chi connectivity index (χ4n) is 3.83. The monoisotopic (exact) mass is 398 g/mol. The molecule has 7 heteroatoms. The van der Waals surface area contributed by atoms with E-state index in [0.29, 0.717) is 23.3 Å². The summed E-state index contributed by atoms with van der Waals surface area (Å²) in [6.45, 7) is 1.88. The highest BCUT2D eigenvalue weighted by atomic mass is 32.2. The number of Topliss-reactive ketones (excluding diaryl/α,β-unsaturated/α-hetero) is 1. The summed E-state index contributed by atoms with van der Waals surface area (Å²) in [7, 11) is -2.18. The van der Waals surface area contributed by atoms with Crippen LogP contribution in [-0.2, 0) is 23.0 Å². The van der Waals surface area contributed by atoms with Crippen molar-refractivity contribution in [2.75, 3.05) is 7.11 Å². The van der Waals surface area contributed by atoms with Crippen molar-refractivity contribution in [2.45, 2.75) is 37.6 Å². The molecule has 0 saturated heterocycles. The third-order valence-corrected chi connectivity index (χ3v) is 6.76. The third kappa shape index (κ3) is 3.21. The van der Waals surface area contributed by atoms with Gasteiger partial charge in [0.1, 0.15) is 5.75 Å². The minimum absolute atomic E-state index is 0.122. The third-order valence-electron chi connectivity index (χ3n) is 5.22. The molecule has 0 amide bonds. The Morgan fingerprint density at radius 3 is 2.75 bits per heavy atom. The highest BCUT2D eigenvalue weighted by Gasteiger charge is 2.25. The summed E-state index contributed by atoms with van der Waals surface area (Å²) >= 11 is 0. The number of aryl methyl sites for hydroxylation is 2. The number of benzene rings is 2. The van der Waals surface area contributed by atoms with Gasteiger partial charge in [-0.3, -0.25) is 4.79 Å². The fraction of sp³-hybridized carbons (Fsp3) is 0.286. The maximum absolute atomic E-state index is 12.9. The first kappa shape index (κ1) is 18.7. The number of sulfonamides is 1. The summed E-state index contributed by atoms with van der Waals surface area (Å²) in [5.41, 5.74) is 3.68. The lowest BCUT2D eigenvalue weighted by Gasteiger charge is -2.12. The number of hydrogen-bond acceptors (Lipinski definition) is 4. The van der Waals surface area contributed by atoms with Gasteiger partial charge >= 0.3 is 0 Å². The van der Waals surface area contributed by atoms with Crippen LogP contribution in [-0.4, -0.2) is 26.3 Å². The first-order valence-corrected chi connectivity index (χ1v) is 10.7. The van der Waals surface area contributed by atoms with Gasteiger partial charge in [0.15, 0.2) is 5.78 Å². The van der Waals surface area contributed by atoms with Crippen LogP contribution in [0.5, 0.6) is 5.75 Å². The number of H-pyrrole nitrogens is 1. The normalized spacial score (nSPS) is 14.3. The Labute approximate surface area is 164 Å². The summed E-state index contributed by atoms with van der Waals surface area (Å²) in [4.78, 5) is 15.8. The largest absolute Gasteiger partial charge is 0.496 e. The molecule has 0 spiro atoms. The average molecular weight is 398 g/mol. The van der Waals surface area contributed by atoms with Crippen molar-refractivity contribution in [1.82, 2.24) is 9.71 Å². The molecule has 2 N–H and O–H groups in total. The number of methoxy groups -OCH3 is 1. The Hall–Kier alpha value is -2.64. The van der Waals surface area contributed by atoms with Crippen molar-refractivity contribution in [3.63, 3.8) is 0 Å². The van der Waals surface area contributed by atoms with Crippen LogP contribution in [0.25, 0.3) is 10.9 Å². The van der Waals surface area contributed by atoms with E-state index >= 15 is 0 Å². The van der Waals surface area contributed by atoms with E-state index in [2.05, 4.69) is 9.71 Å². The predicted molar refractivity (Wildman–Crippen MR) is 107 cm³/mol. The van der Waals surface area contributed by atoms with Gasteiger partial charge in [0, 0.05) is 40.7 Å². The predicted octanol–water partition coefficient (Wildman–Crippen LogP) is 3.48. The molecule has 6 nitrogen and oxygen atoms in total. The first-order chi connectivity index (χ1) is 13.4. The first-order valence-electron chi connectivity index (χ1n) is 9.20. The number of aromatic nitrogens is 1. The van der Waals surface area contributed by atoms with E-state index < -0.39 is 10.0 Å². The van der Waals surface area contributed by atoms with E-state index in [4.69, 9.17) is 4.74 Å². The second kappa shape index (κ2) is 7.07. The van der Waals surface area contributed by atoms with E-state index in [1.54, 1.807) is 32.2 Å². The fourth-order valence-corrected chi connectivity index (χ4v) is 5.09. The molecule has 0 saturated carbocycles. The molecular weight excluding hydrogens is 376 g/mol. The van der Waals surface area contributed by atoms with Gasteiger partial charge in [-0.05, 0) is 43.5 Å². The van der Waals surface area contributed by atoms with Gasteiger partial charge < -0.3 is 9.72 Å². The SMILES string of the molecule is COc1ccccc1CNS(=O)(=O)c1cc2[nH]c3c(c2cc1C)C(=O)CCC3. The summed E-state index contributed by atoms with van der Waals surface area (Å²) < 4.78 is 33.8. The summed E-state index contributed by atoms with van der Waals surface area (Å²) in [6, 6.07) is 10.7. The smallest absolute Gasteiger partial charge is 0.241 e. The second-order valence-corrected chi connectivity index (χ2v) is 8.79. The second-order valence-electron chi connectivity index (χ2n) is 7.05. The molecule has 28 heavy (non-hydrogen) atoms. The number of ketones is 1. The van der Waals surface area contributed by atoms with E-state index in [9.17, 15) is 13.2 Å². The molecule has 1 aliphatic rings. The molecule has 1 aliphatic carbocycles. The Morgan fingerprint density at radius 1 is 1.18 bits per heavy atom. The van der Waals surface area contributed by atoms with Crippen molar-refractivity contribution in [3.05, 3.63) is 58.8 Å². The number of ether oxygens (including phenoxy) is 1. The number of para-hydroxylation sites is 1. The Morgan fingerprint density at radius 2 is 1.96 bits per heavy atom. The van der Waals surface area contributed by atoms with Crippen molar-refractivity contribution in [3.8, 4) is 5.75 Å². The highest BCUT2D eigenvalue weighted by Crippen LogP contribution is 2.32. The molecule has 0 atom stereocenters. The van der Waals surface area contributed by atoms with Crippen LogP contribution >= 0.6 is 0 Å². The molecule has 0 unspecified atom stereocenters. The topological polar surface area (TPSA) is 88.3 Å². The molecule has 0 aliphatic heterocycles. The van der Waals surface area contributed by atoms with Crippen molar-refractivity contribution in [1.29, 1.82) is 0 Å². The Kier molecular flexibility index (Phi) is 4.72. The number of hydrogen-bond donors (Lipinski definition) is 2. The van der Waals surface area contributed by atoms with Gasteiger partial charge in [-0.25, -0.2) is 13.1 Å². The van der Waals surface area contributed by atoms with Crippen LogP contribution in [0.3, 0.4) is 0 Å². The zero-order valence-electron chi connectivity index (χ0n) is 15.8. The lowest BCUT2D eigenvalue weighted by Crippen LogP contribution is -2.24. The van der Waals surface area contributed by atoms with Crippen molar-refractivity contribution < 1.29 is 17.9 Å². The summed E-state index contributed by atoms with van der Waals surface area (Å²) in [5, 5.41) is 0.806. The molecule has 2 aromatic carbocycles. The van der Waals surface area contributed by atoms with E-state index in [1.165, 1.54) is 0 Å². The van der Waals surface area contributed by atoms with E-state index in [0.717, 1.165) is 35.0 Å². The number of carbonyl (C=O) groups is 1. The molecule has 146 valence electrons. The molecule has 0 fully saturated rings. The van der Waals surface area contributed by atoms with E-state index in [-0.39, 0.29) is 17.2 Å². The van der Waals surface area contributed by atoms with Crippen LogP contribution in [0, 0.1) is 6.92 Å². The Bertz CT molecular complexity index is 1180. The van der Waals surface area contributed by atoms with Crippen LogP contribution in [0.15, 0.2) is 41.3 Å². The van der Waals surface area contributed by atoms with Crippen molar-refractivity contribution >= 4 is 26.7 Å². The standard InChI is InChI=1S/C21H22N2O4S/c1-13-10-15-17(23-16-7-5-8-18(24)21(15)16)11-20(13)28(25,26)22-12-14-6-3-4-9-19(14)27-2/h3-4,6,9-11,22-23H,5,7-8,12H2,1-2H3. The lowest BCUT2D eigenvalue weighted by atomic mass is 9.94. The summed E-state index contributed by atoms with van der Waals surface area (Å²) in [5.74, 6) is 0.754. The molecule has 0 bridgehead atoms. The maximum Gasteiger partial charge on any atom is 0.241 e. The van der Waals surface area contributed by atoms with Gasteiger partial charge in [0.25, 0.3) is 0 Å². The minimum atomic E-state index is -3.73. The maximum atomic E-state index is 12.9. The number of rotatable bonds is 5. The van der Waals surface area contributed by atoms with Crippen LogP contribution in [0.4, 0.5) is 0 Å². The highest BCUT2D eigenvalue weighted by molar-refractivity contribution is 7.89. The molecule has 1 aromatic heterocycles. The summed E-state index contributed by atoms with van der Waals surface area (Å²) in [6.07, 6.45) is 2.17. The van der Waals surface area contributed by atoms with Crippen molar-refractivity contribution in [2.24, 2.45) is 0 Å². The number of carbonyl (C=O) groups excluding carboxylic acids is 1. The van der Waals surface area contributed by atoms with Gasteiger partial charge in [-0.1, -0.05) is 18.2 Å². The van der Waals surface area contributed by atoms with Gasteiger partial charge in [0.05, 0.1) is 12.0 Å². The average Bonchev–Trinajstić information content (AvgIpc) is 3.04. The number of fused-ring (bicyclic) bond motifs is 3. The van der Waals surface area contributed by atoms with Gasteiger partial charge in [-0.2, -0.15) is 0 Å². The van der Waals surface area contributed by atoms with Crippen LogP contribution in [0.2, 0.25) is 0 Å². The zero-order valence-corrected chi connectivity index (χ0v) is 16.7. The number of aromatic amines is 1. The molecule has 0 radical (unpaired) electrons. The minimum Gasteiger partial charge on any atom is -0.496 e. The molecular formula is C21H22N2O4S. The quantitative estimate of drug-likeness (QED) is 0.689. The van der Waals surface area contributed by atoms with Crippen LogP contribution < -0.4 is 9.46 Å². The number of nitrogens with one attached hydrogen (secondary N) is 2. The van der Waals surface area contributed by atoms with E-state index in [1.807, 2.05) is 18.2 Å². The zero-order chi connectivity index (χ0) is 19.9. The molecule has 4 rings (SSSR count). The lowest BCUT2D eigenvalue weighted by molar-refractivity contribution is 0.0974. The van der Waals surface area contributed by atoms with Crippen LogP contribution in [0.1, 0.15) is 40.0 Å². The Balaban J connectivity index is 1.69. The molecule has 1 heterocycles. The van der Waals surface area contributed by atoms with Gasteiger partial charge in [-0.15, -0.1) is 0 Å². The van der Waals surface area contributed by atoms with Gasteiger partial charge in [0.2, 0.25) is 10.0 Å².